The fraction of sp³-hybridized carbons (Fsp3) is 0.389. The first-order valence-corrected chi connectivity index (χ1v) is 10.1. The molecular formula is C18H20ClFN6OS. The lowest BCUT2D eigenvalue weighted by Gasteiger charge is -2.17. The molecule has 0 fully saturated rings. The van der Waals surface area contributed by atoms with Gasteiger partial charge in [0.15, 0.2) is 11.5 Å². The van der Waals surface area contributed by atoms with Crippen molar-refractivity contribution < 1.29 is 4.39 Å². The van der Waals surface area contributed by atoms with E-state index in [1.165, 1.54) is 4.57 Å². The van der Waals surface area contributed by atoms with Crippen LogP contribution in [0.25, 0.3) is 11.2 Å². The Kier molecular flexibility index (Phi) is 6.46. The molecule has 1 N–H and O–H groups in total. The summed E-state index contributed by atoms with van der Waals surface area (Å²) in [7, 11) is 0. The summed E-state index contributed by atoms with van der Waals surface area (Å²) in [6.07, 6.45) is 1.75. The Labute approximate surface area is 170 Å². The van der Waals surface area contributed by atoms with E-state index in [4.69, 9.17) is 11.6 Å². The van der Waals surface area contributed by atoms with Gasteiger partial charge in [0, 0.05) is 12.7 Å². The van der Waals surface area contributed by atoms with Crippen LogP contribution in [0, 0.1) is 6.92 Å². The average Bonchev–Trinajstić information content (AvgIpc) is 2.67. The van der Waals surface area contributed by atoms with Crippen LogP contribution in [0.4, 0.5) is 10.2 Å². The van der Waals surface area contributed by atoms with Gasteiger partial charge in [0.2, 0.25) is 5.28 Å². The molecule has 1 unspecified atom stereocenters. The number of pyridine rings is 1. The second-order valence-corrected chi connectivity index (χ2v) is 7.80. The molecule has 0 spiro atoms. The Morgan fingerprint density at radius 3 is 2.75 bits per heavy atom. The van der Waals surface area contributed by atoms with Crippen LogP contribution in [-0.4, -0.2) is 36.9 Å². The van der Waals surface area contributed by atoms with Gasteiger partial charge in [-0.2, -0.15) is 4.98 Å². The fourth-order valence-electron chi connectivity index (χ4n) is 2.71. The topological polar surface area (TPSA) is 85.6 Å². The van der Waals surface area contributed by atoms with Gasteiger partial charge in [0.05, 0.1) is 16.8 Å². The highest BCUT2D eigenvalue weighted by Crippen LogP contribution is 2.20. The molecule has 0 radical (unpaired) electrons. The van der Waals surface area contributed by atoms with Gasteiger partial charge >= 0.3 is 0 Å². The Bertz CT molecular complexity index is 1040. The van der Waals surface area contributed by atoms with Gasteiger partial charge < -0.3 is 5.32 Å². The third-order valence-corrected chi connectivity index (χ3v) is 5.09. The van der Waals surface area contributed by atoms with Gasteiger partial charge in [-0.05, 0) is 42.8 Å². The third kappa shape index (κ3) is 4.25. The van der Waals surface area contributed by atoms with Crippen LogP contribution in [0.5, 0.6) is 0 Å². The second-order valence-electron chi connectivity index (χ2n) is 6.18. The van der Waals surface area contributed by atoms with Crippen molar-refractivity contribution >= 4 is 40.3 Å². The van der Waals surface area contributed by atoms with Crippen LogP contribution in [0.3, 0.4) is 0 Å². The lowest BCUT2D eigenvalue weighted by Crippen LogP contribution is -2.29. The van der Waals surface area contributed by atoms with Crippen molar-refractivity contribution in [3.8, 4) is 0 Å². The number of hydrogen-bond acceptors (Lipinski definition) is 7. The van der Waals surface area contributed by atoms with E-state index >= 15 is 0 Å². The number of fused-ring (bicyclic) bond motifs is 1. The van der Waals surface area contributed by atoms with Crippen LogP contribution in [0.1, 0.15) is 31.1 Å². The van der Waals surface area contributed by atoms with E-state index in [-0.39, 0.29) is 16.7 Å². The molecule has 0 aliphatic heterocycles. The number of halogens is 2. The summed E-state index contributed by atoms with van der Waals surface area (Å²) in [5.41, 5.74) is 1.58. The summed E-state index contributed by atoms with van der Waals surface area (Å²) < 4.78 is 14.6. The van der Waals surface area contributed by atoms with E-state index in [2.05, 4.69) is 32.2 Å². The normalized spacial score (nSPS) is 12.3. The van der Waals surface area contributed by atoms with E-state index in [1.54, 1.807) is 31.8 Å². The maximum absolute atomic E-state index is 13.4. The molecule has 3 rings (SSSR count). The largest absolute Gasteiger partial charge is 0.361 e. The molecule has 148 valence electrons. The molecule has 0 saturated heterocycles. The van der Waals surface area contributed by atoms with E-state index < -0.39 is 18.3 Å². The molecular weight excluding hydrogens is 403 g/mol. The summed E-state index contributed by atoms with van der Waals surface area (Å²) >= 11 is 7.58. The number of rotatable bonds is 7. The molecule has 3 aromatic heterocycles. The molecule has 3 heterocycles. The minimum absolute atomic E-state index is 0.0113. The fourth-order valence-corrected chi connectivity index (χ4v) is 3.51. The number of aromatic nitrogens is 5. The second kappa shape index (κ2) is 8.83. The Morgan fingerprint density at radius 1 is 1.32 bits per heavy atom. The third-order valence-electron chi connectivity index (χ3n) is 4.10. The van der Waals surface area contributed by atoms with Crippen LogP contribution < -0.4 is 10.9 Å². The lowest BCUT2D eigenvalue weighted by molar-refractivity contribution is 0.376. The smallest absolute Gasteiger partial charge is 0.295 e. The monoisotopic (exact) mass is 422 g/mol. The molecule has 1 atom stereocenters. The van der Waals surface area contributed by atoms with Crippen molar-refractivity contribution in [3.63, 3.8) is 0 Å². The quantitative estimate of drug-likeness (QED) is 0.457. The van der Waals surface area contributed by atoms with Crippen molar-refractivity contribution in [2.75, 3.05) is 17.7 Å². The van der Waals surface area contributed by atoms with Crippen molar-refractivity contribution in [2.24, 2.45) is 0 Å². The summed E-state index contributed by atoms with van der Waals surface area (Å²) in [6, 6.07) is 3.16. The Morgan fingerprint density at radius 2 is 2.11 bits per heavy atom. The van der Waals surface area contributed by atoms with E-state index in [0.717, 1.165) is 16.3 Å². The van der Waals surface area contributed by atoms with E-state index in [0.29, 0.717) is 17.8 Å². The number of hydrogen-bond donors (Lipinski definition) is 1. The number of aryl methyl sites for hydroxylation is 1. The standard InChI is InChI=1S/C18H20ClFN6OS/c1-4-28-13-6-5-12(8-21-13)9-22-15-17(27)26(10(2)7-20)16-14(24-15)11(3)23-18(19)25-16/h5-6,8,10H,4,7,9H2,1-3H3,(H,22,24). The number of alkyl halides is 1. The molecule has 7 nitrogen and oxygen atoms in total. The lowest BCUT2D eigenvalue weighted by atomic mass is 10.3. The zero-order valence-electron chi connectivity index (χ0n) is 15.7. The maximum atomic E-state index is 13.4. The molecule has 28 heavy (non-hydrogen) atoms. The van der Waals surface area contributed by atoms with Gasteiger partial charge in [-0.25, -0.2) is 19.3 Å². The summed E-state index contributed by atoms with van der Waals surface area (Å²) in [6.45, 7) is 5.02. The minimum atomic E-state index is -0.723. The first-order valence-electron chi connectivity index (χ1n) is 8.78. The van der Waals surface area contributed by atoms with Crippen LogP contribution in [-0.2, 0) is 6.54 Å². The van der Waals surface area contributed by atoms with Gasteiger partial charge in [0.25, 0.3) is 5.56 Å². The van der Waals surface area contributed by atoms with Crippen LogP contribution in [0.15, 0.2) is 28.2 Å². The first-order chi connectivity index (χ1) is 13.4. The van der Waals surface area contributed by atoms with E-state index in [9.17, 15) is 9.18 Å². The van der Waals surface area contributed by atoms with E-state index in [1.807, 2.05) is 12.1 Å². The SMILES string of the molecule is CCSc1ccc(CNc2nc3c(C)nc(Cl)nc3n(C(C)CF)c2=O)cn1. The maximum Gasteiger partial charge on any atom is 0.295 e. The molecule has 0 aliphatic rings. The molecule has 0 saturated carbocycles. The number of anilines is 1. The molecule has 3 aromatic rings. The molecule has 0 amide bonds. The van der Waals surface area contributed by atoms with Crippen LogP contribution >= 0.6 is 23.4 Å². The summed E-state index contributed by atoms with van der Waals surface area (Å²) in [5.74, 6) is 1.05. The molecule has 10 heteroatoms. The summed E-state index contributed by atoms with van der Waals surface area (Å²) in [5, 5.41) is 3.96. The van der Waals surface area contributed by atoms with Crippen LogP contribution in [0.2, 0.25) is 5.28 Å². The molecule has 0 bridgehead atoms. The van der Waals surface area contributed by atoms with Gasteiger partial charge in [-0.1, -0.05) is 13.0 Å². The zero-order chi connectivity index (χ0) is 20.3. The average molecular weight is 423 g/mol. The predicted molar refractivity (Wildman–Crippen MR) is 110 cm³/mol. The summed E-state index contributed by atoms with van der Waals surface area (Å²) in [4.78, 5) is 29.9. The Hall–Kier alpha value is -2.26. The number of nitrogens with one attached hydrogen (secondary N) is 1. The minimum Gasteiger partial charge on any atom is -0.361 e. The highest BCUT2D eigenvalue weighted by Gasteiger charge is 2.19. The van der Waals surface area contributed by atoms with Gasteiger partial charge in [-0.3, -0.25) is 9.36 Å². The van der Waals surface area contributed by atoms with Crippen molar-refractivity contribution in [2.45, 2.75) is 38.4 Å². The Balaban J connectivity index is 1.99. The van der Waals surface area contributed by atoms with Gasteiger partial charge in [0.1, 0.15) is 12.2 Å². The van der Waals surface area contributed by atoms with Crippen molar-refractivity contribution in [1.82, 2.24) is 24.5 Å². The molecule has 0 aliphatic carbocycles. The van der Waals surface area contributed by atoms with Crippen molar-refractivity contribution in [1.29, 1.82) is 0 Å². The highest BCUT2D eigenvalue weighted by molar-refractivity contribution is 7.99. The number of thioether (sulfide) groups is 1. The van der Waals surface area contributed by atoms with Gasteiger partial charge in [-0.15, -0.1) is 11.8 Å². The zero-order valence-corrected chi connectivity index (χ0v) is 17.3. The van der Waals surface area contributed by atoms with Crippen molar-refractivity contribution in [3.05, 3.63) is 45.2 Å². The predicted octanol–water partition coefficient (Wildman–Crippen LogP) is 3.80. The highest BCUT2D eigenvalue weighted by atomic mass is 35.5. The number of nitrogens with zero attached hydrogens (tertiary/aromatic N) is 5. The molecule has 0 aromatic carbocycles. The first kappa shape index (κ1) is 20.5.